The molecule has 0 aliphatic carbocycles. The zero-order chi connectivity index (χ0) is 11.6. The summed E-state index contributed by atoms with van der Waals surface area (Å²) in [5.41, 5.74) is 4.48. The van der Waals surface area contributed by atoms with Gasteiger partial charge in [0.15, 0.2) is 0 Å². The summed E-state index contributed by atoms with van der Waals surface area (Å²) in [6.45, 7) is 1.57. The van der Waals surface area contributed by atoms with Crippen molar-refractivity contribution in [3.05, 3.63) is 35.1 Å². The molecule has 1 rings (SSSR count). The molecular weight excluding hydrogens is 210 g/mol. The number of alkyl halides is 3. The summed E-state index contributed by atoms with van der Waals surface area (Å²) in [5.74, 6) is -0.682. The summed E-state index contributed by atoms with van der Waals surface area (Å²) in [4.78, 5) is 0. The standard InChI is InChI=1S/C10H11F4N/c1-6(15)4-7-5-8(11)2-3-9(7)10(12,13)14/h2-3,5-6H,4,15H2,1H3. The van der Waals surface area contributed by atoms with Crippen molar-refractivity contribution in [2.24, 2.45) is 5.73 Å². The average molecular weight is 221 g/mol. The third-order valence-electron chi connectivity index (χ3n) is 1.91. The molecule has 2 N–H and O–H groups in total. The molecule has 0 aliphatic heterocycles. The first kappa shape index (κ1) is 12.0. The largest absolute Gasteiger partial charge is 0.416 e. The lowest BCUT2D eigenvalue weighted by molar-refractivity contribution is -0.138. The van der Waals surface area contributed by atoms with E-state index in [4.69, 9.17) is 5.73 Å². The lowest BCUT2D eigenvalue weighted by Gasteiger charge is -2.14. The lowest BCUT2D eigenvalue weighted by atomic mass is 10.0. The quantitative estimate of drug-likeness (QED) is 0.763. The van der Waals surface area contributed by atoms with E-state index in [2.05, 4.69) is 0 Å². The van der Waals surface area contributed by atoms with Gasteiger partial charge in [0.25, 0.3) is 0 Å². The molecule has 0 saturated carbocycles. The molecule has 0 heterocycles. The van der Waals surface area contributed by atoms with Crippen LogP contribution in [0, 0.1) is 5.82 Å². The van der Waals surface area contributed by atoms with Gasteiger partial charge in [0, 0.05) is 6.04 Å². The summed E-state index contributed by atoms with van der Waals surface area (Å²) in [7, 11) is 0. The second-order valence-electron chi connectivity index (χ2n) is 3.48. The molecule has 0 amide bonds. The van der Waals surface area contributed by atoms with E-state index in [1.807, 2.05) is 0 Å². The van der Waals surface area contributed by atoms with E-state index in [-0.39, 0.29) is 12.0 Å². The van der Waals surface area contributed by atoms with E-state index in [0.717, 1.165) is 18.2 Å². The van der Waals surface area contributed by atoms with Crippen molar-refractivity contribution >= 4 is 0 Å². The summed E-state index contributed by atoms with van der Waals surface area (Å²) < 4.78 is 50.2. The number of benzene rings is 1. The van der Waals surface area contributed by atoms with E-state index in [1.165, 1.54) is 0 Å². The molecule has 5 heteroatoms. The monoisotopic (exact) mass is 221 g/mol. The third kappa shape index (κ3) is 3.20. The van der Waals surface area contributed by atoms with Crippen molar-refractivity contribution in [2.75, 3.05) is 0 Å². The maximum Gasteiger partial charge on any atom is 0.416 e. The minimum absolute atomic E-state index is 0.00655. The van der Waals surface area contributed by atoms with Gasteiger partial charge >= 0.3 is 6.18 Å². The first-order chi connectivity index (χ1) is 6.80. The van der Waals surface area contributed by atoms with E-state index >= 15 is 0 Å². The number of halogens is 4. The van der Waals surface area contributed by atoms with Crippen molar-refractivity contribution in [3.63, 3.8) is 0 Å². The Kier molecular flexibility index (Phi) is 3.34. The van der Waals surface area contributed by atoms with Crippen molar-refractivity contribution in [3.8, 4) is 0 Å². The van der Waals surface area contributed by atoms with E-state index < -0.39 is 23.6 Å². The second-order valence-corrected chi connectivity index (χ2v) is 3.48. The first-order valence-electron chi connectivity index (χ1n) is 4.42. The van der Waals surface area contributed by atoms with Gasteiger partial charge in [0.05, 0.1) is 5.56 Å². The van der Waals surface area contributed by atoms with Crippen LogP contribution in [0.25, 0.3) is 0 Å². The Labute approximate surface area is 84.9 Å². The summed E-state index contributed by atoms with van der Waals surface area (Å²) >= 11 is 0. The Balaban J connectivity index is 3.15. The molecule has 1 nitrogen and oxygen atoms in total. The van der Waals surface area contributed by atoms with Crippen molar-refractivity contribution in [1.82, 2.24) is 0 Å². The van der Waals surface area contributed by atoms with E-state index in [0.29, 0.717) is 0 Å². The molecule has 0 fully saturated rings. The van der Waals surface area contributed by atoms with Crippen LogP contribution in [0.15, 0.2) is 18.2 Å². The zero-order valence-electron chi connectivity index (χ0n) is 8.11. The summed E-state index contributed by atoms with van der Waals surface area (Å²) in [5, 5.41) is 0. The number of rotatable bonds is 2. The molecule has 15 heavy (non-hydrogen) atoms. The number of nitrogens with two attached hydrogens (primary N) is 1. The Hall–Kier alpha value is -1.10. The van der Waals surface area contributed by atoms with Crippen LogP contribution in [0.2, 0.25) is 0 Å². The summed E-state index contributed by atoms with van der Waals surface area (Å²) in [6, 6.07) is 1.99. The van der Waals surface area contributed by atoms with E-state index in [9.17, 15) is 17.6 Å². The molecule has 1 unspecified atom stereocenters. The average Bonchev–Trinajstić information content (AvgIpc) is 1.99. The zero-order valence-corrected chi connectivity index (χ0v) is 8.11. The van der Waals surface area contributed by atoms with Crippen LogP contribution < -0.4 is 5.73 Å². The van der Waals surface area contributed by atoms with Crippen LogP contribution in [0.3, 0.4) is 0 Å². The molecule has 1 aromatic rings. The molecule has 0 aromatic heterocycles. The minimum Gasteiger partial charge on any atom is -0.328 e. The number of hydrogen-bond donors (Lipinski definition) is 1. The fourth-order valence-corrected chi connectivity index (χ4v) is 1.35. The van der Waals surface area contributed by atoms with Gasteiger partial charge in [-0.1, -0.05) is 0 Å². The highest BCUT2D eigenvalue weighted by Gasteiger charge is 2.33. The Morgan fingerprint density at radius 3 is 2.40 bits per heavy atom. The fourth-order valence-electron chi connectivity index (χ4n) is 1.35. The van der Waals surface area contributed by atoms with Gasteiger partial charge in [0.1, 0.15) is 5.82 Å². The topological polar surface area (TPSA) is 26.0 Å². The molecule has 0 radical (unpaired) electrons. The molecule has 1 atom stereocenters. The molecular formula is C10H11F4N. The van der Waals surface area contributed by atoms with Crippen LogP contribution in [0.4, 0.5) is 17.6 Å². The Morgan fingerprint density at radius 2 is 1.93 bits per heavy atom. The normalized spacial score (nSPS) is 14.0. The van der Waals surface area contributed by atoms with Crippen molar-refractivity contribution in [1.29, 1.82) is 0 Å². The maximum atomic E-state index is 12.8. The van der Waals surface area contributed by atoms with Gasteiger partial charge in [-0.05, 0) is 37.1 Å². The van der Waals surface area contributed by atoms with Gasteiger partial charge in [0.2, 0.25) is 0 Å². The minimum atomic E-state index is -4.46. The number of hydrogen-bond acceptors (Lipinski definition) is 1. The van der Waals surface area contributed by atoms with Gasteiger partial charge in [-0.25, -0.2) is 4.39 Å². The molecule has 0 saturated heterocycles. The second kappa shape index (κ2) is 4.18. The van der Waals surface area contributed by atoms with Crippen LogP contribution >= 0.6 is 0 Å². The smallest absolute Gasteiger partial charge is 0.328 e. The Bertz CT molecular complexity index is 344. The predicted molar refractivity (Wildman–Crippen MR) is 48.8 cm³/mol. The first-order valence-corrected chi connectivity index (χ1v) is 4.42. The predicted octanol–water partition coefficient (Wildman–Crippen LogP) is 2.73. The van der Waals surface area contributed by atoms with Gasteiger partial charge < -0.3 is 5.73 Å². The molecule has 84 valence electrons. The highest BCUT2D eigenvalue weighted by molar-refractivity contribution is 5.31. The molecule has 1 aromatic carbocycles. The van der Waals surface area contributed by atoms with Crippen LogP contribution in [-0.2, 0) is 12.6 Å². The van der Waals surface area contributed by atoms with Crippen molar-refractivity contribution < 1.29 is 17.6 Å². The van der Waals surface area contributed by atoms with Gasteiger partial charge in [-0.15, -0.1) is 0 Å². The third-order valence-corrected chi connectivity index (χ3v) is 1.91. The van der Waals surface area contributed by atoms with Crippen molar-refractivity contribution in [2.45, 2.75) is 25.6 Å². The fraction of sp³-hybridized carbons (Fsp3) is 0.400. The Morgan fingerprint density at radius 1 is 1.33 bits per heavy atom. The highest BCUT2D eigenvalue weighted by atomic mass is 19.4. The summed E-state index contributed by atoms with van der Waals surface area (Å²) in [6.07, 6.45) is -4.45. The highest BCUT2D eigenvalue weighted by Crippen LogP contribution is 2.32. The SMILES string of the molecule is CC(N)Cc1cc(F)ccc1C(F)(F)F. The molecule has 0 aliphatic rings. The van der Waals surface area contributed by atoms with Gasteiger partial charge in [-0.3, -0.25) is 0 Å². The van der Waals surface area contributed by atoms with Crippen LogP contribution in [-0.4, -0.2) is 6.04 Å². The molecule has 0 spiro atoms. The van der Waals surface area contributed by atoms with E-state index in [1.54, 1.807) is 6.92 Å². The van der Waals surface area contributed by atoms with Gasteiger partial charge in [-0.2, -0.15) is 13.2 Å². The maximum absolute atomic E-state index is 12.8. The van der Waals surface area contributed by atoms with Crippen LogP contribution in [0.5, 0.6) is 0 Å². The van der Waals surface area contributed by atoms with Crippen LogP contribution in [0.1, 0.15) is 18.1 Å². The lowest BCUT2D eigenvalue weighted by Crippen LogP contribution is -2.20. The molecule has 0 bridgehead atoms.